The number of rotatable bonds is 3. The van der Waals surface area contributed by atoms with Crippen molar-refractivity contribution < 1.29 is 18.8 Å². The second-order valence-corrected chi connectivity index (χ2v) is 6.59. The molecular weight excluding hydrogens is 269 g/mol. The van der Waals surface area contributed by atoms with Crippen LogP contribution in [0.15, 0.2) is 18.2 Å². The summed E-state index contributed by atoms with van der Waals surface area (Å²) in [6.07, 6.45) is 0.994. The van der Waals surface area contributed by atoms with E-state index in [1.165, 1.54) is 0 Å². The zero-order chi connectivity index (χ0) is 15.1. The minimum Gasteiger partial charge on any atom is -0.472 e. The first-order valence-corrected chi connectivity index (χ1v) is 7.44. The van der Waals surface area contributed by atoms with E-state index < -0.39 is 7.12 Å². The smallest absolute Gasteiger partial charge is 0.472 e. The lowest BCUT2D eigenvalue weighted by Crippen LogP contribution is -2.41. The molecule has 0 radical (unpaired) electrons. The first-order valence-electron chi connectivity index (χ1n) is 7.44. The largest absolute Gasteiger partial charge is 0.514 e. The van der Waals surface area contributed by atoms with Gasteiger partial charge in [0.05, 0.1) is 30.0 Å². The molecule has 0 unspecified atom stereocenters. The fourth-order valence-electron chi connectivity index (χ4n) is 2.37. The zero-order valence-corrected chi connectivity index (χ0v) is 13.1. The summed E-state index contributed by atoms with van der Waals surface area (Å²) in [7, 11) is -0.460. The number of ether oxygens (including phenoxy) is 2. The van der Waals surface area contributed by atoms with E-state index >= 15 is 0 Å². The summed E-state index contributed by atoms with van der Waals surface area (Å²) in [4.78, 5) is 4.52. The highest BCUT2D eigenvalue weighted by molar-refractivity contribution is 6.61. The molecule has 114 valence electrons. The Bertz CT molecular complexity index is 498. The molecule has 0 bridgehead atoms. The van der Waals surface area contributed by atoms with Gasteiger partial charge < -0.3 is 18.8 Å². The molecule has 3 heterocycles. The molecule has 21 heavy (non-hydrogen) atoms. The average molecular weight is 291 g/mol. The highest BCUT2D eigenvalue weighted by atomic mass is 16.7. The molecule has 0 N–H and O–H groups in total. The molecule has 2 aliphatic rings. The number of hydrogen-bond acceptors (Lipinski definition) is 5. The quantitative estimate of drug-likeness (QED) is 0.791. The maximum atomic E-state index is 6.01. The Kier molecular flexibility index (Phi) is 3.72. The summed E-state index contributed by atoms with van der Waals surface area (Å²) in [6, 6.07) is 5.67. The Balaban J connectivity index is 1.74. The van der Waals surface area contributed by atoms with Gasteiger partial charge in [0.15, 0.2) is 0 Å². The van der Waals surface area contributed by atoms with E-state index in [1.807, 2.05) is 45.9 Å². The van der Waals surface area contributed by atoms with Crippen molar-refractivity contribution in [1.29, 1.82) is 0 Å². The molecule has 2 saturated heterocycles. The molecular formula is C15H22BNO4. The molecule has 5 nitrogen and oxygen atoms in total. The fraction of sp³-hybridized carbons (Fsp3) is 0.667. The summed E-state index contributed by atoms with van der Waals surface area (Å²) in [5, 5.41) is 0. The van der Waals surface area contributed by atoms with E-state index in [0.717, 1.165) is 18.6 Å². The van der Waals surface area contributed by atoms with Gasteiger partial charge in [-0.15, -0.1) is 0 Å². The van der Waals surface area contributed by atoms with Crippen LogP contribution in [0.3, 0.4) is 0 Å². The van der Waals surface area contributed by atoms with Crippen LogP contribution in [0.2, 0.25) is 0 Å². The highest BCUT2D eigenvalue weighted by Crippen LogP contribution is 2.36. The molecule has 0 aromatic carbocycles. The van der Waals surface area contributed by atoms with Gasteiger partial charge in [-0.3, -0.25) is 0 Å². The number of hydrogen-bond donors (Lipinski definition) is 0. The third kappa shape index (κ3) is 2.93. The minimum absolute atomic E-state index is 0.0889. The van der Waals surface area contributed by atoms with Gasteiger partial charge in [-0.1, -0.05) is 6.07 Å². The molecule has 3 rings (SSSR count). The lowest BCUT2D eigenvalue weighted by Gasteiger charge is -2.32. The van der Waals surface area contributed by atoms with E-state index in [1.54, 1.807) is 0 Å². The molecule has 0 amide bonds. The zero-order valence-electron chi connectivity index (χ0n) is 13.1. The molecule has 0 spiro atoms. The van der Waals surface area contributed by atoms with Crippen molar-refractivity contribution in [2.45, 2.75) is 51.4 Å². The number of aromatic nitrogens is 1. The molecule has 0 aliphatic carbocycles. The van der Waals surface area contributed by atoms with Crippen molar-refractivity contribution in [1.82, 2.24) is 4.98 Å². The standard InChI is InChI=1S/C15H22BNO4/c1-14(2)15(3,4)21-16(20-14)12-6-5-7-13(17-12)19-11-8-9-18-10-11/h5-7,11H,8-10H2,1-4H3/t11-/m1/s1. The van der Waals surface area contributed by atoms with E-state index in [0.29, 0.717) is 12.5 Å². The van der Waals surface area contributed by atoms with Gasteiger partial charge in [-0.25, -0.2) is 4.98 Å². The summed E-state index contributed by atoms with van der Waals surface area (Å²) >= 11 is 0. The first kappa shape index (κ1) is 14.8. The molecule has 1 aromatic rings. The van der Waals surface area contributed by atoms with Crippen LogP contribution < -0.4 is 10.3 Å². The van der Waals surface area contributed by atoms with Gasteiger partial charge in [0.25, 0.3) is 0 Å². The average Bonchev–Trinajstić information content (AvgIpc) is 2.97. The van der Waals surface area contributed by atoms with Gasteiger partial charge in [-0.2, -0.15) is 0 Å². The van der Waals surface area contributed by atoms with E-state index in [2.05, 4.69) is 4.98 Å². The number of pyridine rings is 1. The van der Waals surface area contributed by atoms with Gasteiger partial charge in [0.2, 0.25) is 5.88 Å². The molecule has 1 atom stereocenters. The SMILES string of the molecule is CC1(C)OB(c2cccc(O[C@@H]3CCOC3)n2)OC1(C)C. The monoisotopic (exact) mass is 291 g/mol. The van der Waals surface area contributed by atoms with Crippen molar-refractivity contribution in [2.24, 2.45) is 0 Å². The van der Waals surface area contributed by atoms with Crippen LogP contribution in [0.25, 0.3) is 0 Å². The maximum Gasteiger partial charge on any atom is 0.514 e. The van der Waals surface area contributed by atoms with Gasteiger partial charge >= 0.3 is 7.12 Å². The van der Waals surface area contributed by atoms with Crippen molar-refractivity contribution in [3.63, 3.8) is 0 Å². The third-order valence-corrected chi connectivity index (χ3v) is 4.42. The molecule has 2 fully saturated rings. The van der Waals surface area contributed by atoms with Crippen LogP contribution in [0.5, 0.6) is 5.88 Å². The Morgan fingerprint density at radius 2 is 1.90 bits per heavy atom. The van der Waals surface area contributed by atoms with Crippen LogP contribution in [-0.2, 0) is 14.0 Å². The van der Waals surface area contributed by atoms with Crippen molar-refractivity contribution in [3.05, 3.63) is 18.2 Å². The predicted molar refractivity (Wildman–Crippen MR) is 79.8 cm³/mol. The minimum atomic E-state index is -0.460. The maximum absolute atomic E-state index is 6.01. The highest BCUT2D eigenvalue weighted by Gasteiger charge is 2.52. The summed E-state index contributed by atoms with van der Waals surface area (Å²) in [6.45, 7) is 9.50. The van der Waals surface area contributed by atoms with Gasteiger partial charge in [-0.05, 0) is 33.8 Å². The number of nitrogens with zero attached hydrogens (tertiary/aromatic N) is 1. The predicted octanol–water partition coefficient (Wildman–Crippen LogP) is 1.55. The summed E-state index contributed by atoms with van der Waals surface area (Å²) in [5.74, 6) is 0.595. The normalized spacial score (nSPS) is 27.0. The molecule has 0 saturated carbocycles. The lowest BCUT2D eigenvalue weighted by atomic mass is 9.84. The fourth-order valence-corrected chi connectivity index (χ4v) is 2.37. The van der Waals surface area contributed by atoms with Crippen molar-refractivity contribution >= 4 is 12.7 Å². The Labute approximate surface area is 126 Å². The second kappa shape index (κ2) is 5.27. The second-order valence-electron chi connectivity index (χ2n) is 6.59. The molecule has 2 aliphatic heterocycles. The van der Waals surface area contributed by atoms with E-state index in [9.17, 15) is 0 Å². The third-order valence-electron chi connectivity index (χ3n) is 4.42. The van der Waals surface area contributed by atoms with Crippen LogP contribution in [0, 0.1) is 0 Å². The van der Waals surface area contributed by atoms with Crippen LogP contribution in [-0.4, -0.2) is 42.6 Å². The summed E-state index contributed by atoms with van der Waals surface area (Å²) in [5.41, 5.74) is 0.00965. The lowest BCUT2D eigenvalue weighted by molar-refractivity contribution is 0.00578. The summed E-state index contributed by atoms with van der Waals surface area (Å²) < 4.78 is 23.2. The van der Waals surface area contributed by atoms with E-state index in [4.69, 9.17) is 18.8 Å². The van der Waals surface area contributed by atoms with Crippen LogP contribution in [0.1, 0.15) is 34.1 Å². The van der Waals surface area contributed by atoms with Crippen molar-refractivity contribution in [3.8, 4) is 5.88 Å². The molecule has 1 aromatic heterocycles. The Hall–Kier alpha value is -1.11. The van der Waals surface area contributed by atoms with E-state index in [-0.39, 0.29) is 17.3 Å². The Morgan fingerprint density at radius 1 is 1.19 bits per heavy atom. The van der Waals surface area contributed by atoms with Crippen molar-refractivity contribution in [2.75, 3.05) is 13.2 Å². The van der Waals surface area contributed by atoms with Gasteiger partial charge in [0.1, 0.15) is 6.10 Å². The first-order chi connectivity index (χ1) is 9.87. The van der Waals surface area contributed by atoms with Gasteiger partial charge in [0, 0.05) is 12.5 Å². The topological polar surface area (TPSA) is 49.8 Å². The molecule has 6 heteroatoms. The Morgan fingerprint density at radius 3 is 2.52 bits per heavy atom. The van der Waals surface area contributed by atoms with Crippen LogP contribution in [0.4, 0.5) is 0 Å². The van der Waals surface area contributed by atoms with Crippen LogP contribution >= 0.6 is 0 Å².